The molecule has 1 aliphatic heterocycles. The Morgan fingerprint density at radius 1 is 1.11 bits per heavy atom. The van der Waals surface area contributed by atoms with Gasteiger partial charge in [0.25, 0.3) is 0 Å². The number of aromatic nitrogens is 1. The molecule has 3 nitrogen and oxygen atoms in total. The lowest BCUT2D eigenvalue weighted by atomic mass is 10.1. The predicted molar refractivity (Wildman–Crippen MR) is 74.0 cm³/mol. The normalized spacial score (nSPS) is 13.1. The van der Waals surface area contributed by atoms with Crippen molar-refractivity contribution in [3.63, 3.8) is 0 Å². The fourth-order valence-corrected chi connectivity index (χ4v) is 2.30. The first-order valence-electron chi connectivity index (χ1n) is 6.06. The summed E-state index contributed by atoms with van der Waals surface area (Å²) in [6.45, 7) is 4.91. The van der Waals surface area contributed by atoms with E-state index in [2.05, 4.69) is 53.4 Å². The van der Waals surface area contributed by atoms with E-state index in [1.165, 1.54) is 16.7 Å². The Bertz CT molecular complexity index is 609. The monoisotopic (exact) mass is 237 g/mol. The van der Waals surface area contributed by atoms with Crippen LogP contribution in [0.15, 0.2) is 41.5 Å². The molecule has 1 aromatic carbocycles. The summed E-state index contributed by atoms with van der Waals surface area (Å²) in [5, 5.41) is 3.37. The summed E-state index contributed by atoms with van der Waals surface area (Å²) in [7, 11) is 0. The highest BCUT2D eigenvalue weighted by atomic mass is 15.0. The predicted octanol–water partition coefficient (Wildman–Crippen LogP) is 3.07. The Morgan fingerprint density at radius 2 is 1.89 bits per heavy atom. The van der Waals surface area contributed by atoms with E-state index in [1.54, 1.807) is 0 Å². The minimum atomic E-state index is 0.719. The van der Waals surface area contributed by atoms with Gasteiger partial charge in [-0.2, -0.15) is 0 Å². The number of anilines is 1. The van der Waals surface area contributed by atoms with Gasteiger partial charge < -0.3 is 5.32 Å². The second-order valence-electron chi connectivity index (χ2n) is 4.68. The first kappa shape index (κ1) is 11.0. The smallest absolute Gasteiger partial charge is 0.152 e. The maximum Gasteiger partial charge on any atom is 0.152 e. The molecule has 0 radical (unpaired) electrons. The van der Waals surface area contributed by atoms with E-state index >= 15 is 0 Å². The van der Waals surface area contributed by atoms with E-state index in [1.807, 2.05) is 12.3 Å². The molecule has 0 spiro atoms. The van der Waals surface area contributed by atoms with Gasteiger partial charge in [-0.1, -0.05) is 12.1 Å². The van der Waals surface area contributed by atoms with Crippen LogP contribution in [-0.2, 0) is 6.54 Å². The molecular weight excluding hydrogens is 222 g/mol. The second kappa shape index (κ2) is 4.26. The third kappa shape index (κ3) is 1.99. The first-order valence-corrected chi connectivity index (χ1v) is 6.06. The van der Waals surface area contributed by atoms with Crippen molar-refractivity contribution in [2.75, 3.05) is 5.32 Å². The number of fused-ring (bicyclic) bond motifs is 1. The minimum absolute atomic E-state index is 0.719. The summed E-state index contributed by atoms with van der Waals surface area (Å²) >= 11 is 0. The SMILES string of the molecule is Cc1cc(C)cc(NC2=NCc3cccnc32)c1. The Hall–Kier alpha value is -2.16. The summed E-state index contributed by atoms with van der Waals surface area (Å²) in [4.78, 5) is 8.89. The van der Waals surface area contributed by atoms with Crippen molar-refractivity contribution in [2.24, 2.45) is 4.99 Å². The van der Waals surface area contributed by atoms with E-state index in [0.717, 1.165) is 23.8 Å². The maximum atomic E-state index is 4.50. The number of nitrogens with one attached hydrogen (secondary N) is 1. The van der Waals surface area contributed by atoms with Crippen LogP contribution in [0.4, 0.5) is 5.69 Å². The van der Waals surface area contributed by atoms with E-state index in [0.29, 0.717) is 0 Å². The van der Waals surface area contributed by atoms with Gasteiger partial charge in [0, 0.05) is 17.4 Å². The summed E-state index contributed by atoms with van der Waals surface area (Å²) in [5.74, 6) is 0.871. The highest BCUT2D eigenvalue weighted by Crippen LogP contribution is 2.19. The van der Waals surface area contributed by atoms with Crippen LogP contribution in [0.5, 0.6) is 0 Å². The molecule has 2 heterocycles. The van der Waals surface area contributed by atoms with Crippen molar-refractivity contribution in [2.45, 2.75) is 20.4 Å². The van der Waals surface area contributed by atoms with E-state index in [9.17, 15) is 0 Å². The van der Waals surface area contributed by atoms with Crippen molar-refractivity contribution < 1.29 is 0 Å². The zero-order valence-electron chi connectivity index (χ0n) is 10.6. The van der Waals surface area contributed by atoms with Crippen LogP contribution in [0.1, 0.15) is 22.4 Å². The number of benzene rings is 1. The Labute approximate surface area is 107 Å². The number of aliphatic imine (C=N–C) groups is 1. The standard InChI is InChI=1S/C15H15N3/c1-10-6-11(2)8-13(7-10)18-15-14-12(9-17-15)4-3-5-16-14/h3-8H,9H2,1-2H3,(H,17,18). The molecule has 0 fully saturated rings. The molecule has 0 aliphatic carbocycles. The maximum absolute atomic E-state index is 4.50. The van der Waals surface area contributed by atoms with Gasteiger partial charge in [-0.15, -0.1) is 0 Å². The molecular formula is C15H15N3. The van der Waals surface area contributed by atoms with Gasteiger partial charge in [0.05, 0.1) is 6.54 Å². The Kier molecular flexibility index (Phi) is 2.59. The Morgan fingerprint density at radius 3 is 2.67 bits per heavy atom. The van der Waals surface area contributed by atoms with E-state index in [4.69, 9.17) is 0 Å². The van der Waals surface area contributed by atoms with Gasteiger partial charge >= 0.3 is 0 Å². The zero-order valence-corrected chi connectivity index (χ0v) is 10.6. The number of hydrogen-bond acceptors (Lipinski definition) is 3. The molecule has 1 N–H and O–H groups in total. The highest BCUT2D eigenvalue weighted by Gasteiger charge is 2.16. The molecule has 90 valence electrons. The van der Waals surface area contributed by atoms with Gasteiger partial charge in [-0.05, 0) is 43.2 Å². The lowest BCUT2D eigenvalue weighted by Gasteiger charge is -2.08. The minimum Gasteiger partial charge on any atom is -0.339 e. The zero-order chi connectivity index (χ0) is 12.5. The van der Waals surface area contributed by atoms with Crippen LogP contribution in [0.25, 0.3) is 0 Å². The van der Waals surface area contributed by atoms with Crippen molar-refractivity contribution >= 4 is 11.5 Å². The molecule has 2 aromatic rings. The number of hydrogen-bond donors (Lipinski definition) is 1. The molecule has 1 aliphatic rings. The van der Waals surface area contributed by atoms with Gasteiger partial charge in [0.1, 0.15) is 5.69 Å². The van der Waals surface area contributed by atoms with Crippen LogP contribution in [0, 0.1) is 13.8 Å². The molecule has 0 atom stereocenters. The topological polar surface area (TPSA) is 37.3 Å². The number of rotatable bonds is 1. The summed E-state index contributed by atoms with van der Waals surface area (Å²) in [6, 6.07) is 10.4. The first-order chi connectivity index (χ1) is 8.72. The lowest BCUT2D eigenvalue weighted by Crippen LogP contribution is -2.13. The number of nitrogens with zero attached hydrogens (tertiary/aromatic N) is 2. The third-order valence-corrected chi connectivity index (χ3v) is 3.01. The van der Waals surface area contributed by atoms with Gasteiger partial charge in [-0.3, -0.25) is 9.98 Å². The van der Waals surface area contributed by atoms with Crippen molar-refractivity contribution in [1.29, 1.82) is 0 Å². The van der Waals surface area contributed by atoms with Crippen LogP contribution in [0.2, 0.25) is 0 Å². The Balaban J connectivity index is 1.90. The highest BCUT2D eigenvalue weighted by molar-refractivity contribution is 6.09. The number of aryl methyl sites for hydroxylation is 2. The molecule has 1 aromatic heterocycles. The van der Waals surface area contributed by atoms with Gasteiger partial charge in [-0.25, -0.2) is 0 Å². The van der Waals surface area contributed by atoms with Crippen LogP contribution in [-0.4, -0.2) is 10.8 Å². The molecule has 18 heavy (non-hydrogen) atoms. The fourth-order valence-electron chi connectivity index (χ4n) is 2.30. The van der Waals surface area contributed by atoms with Crippen LogP contribution in [0.3, 0.4) is 0 Å². The van der Waals surface area contributed by atoms with Crippen molar-refractivity contribution in [1.82, 2.24) is 4.98 Å². The molecule has 3 heteroatoms. The van der Waals surface area contributed by atoms with Gasteiger partial charge in [0.15, 0.2) is 5.84 Å². The summed E-state index contributed by atoms with van der Waals surface area (Å²) < 4.78 is 0. The average Bonchev–Trinajstić information content (AvgIpc) is 2.72. The average molecular weight is 237 g/mol. The number of amidine groups is 1. The van der Waals surface area contributed by atoms with Crippen molar-refractivity contribution in [3.05, 3.63) is 58.9 Å². The largest absolute Gasteiger partial charge is 0.339 e. The molecule has 3 rings (SSSR count). The molecule has 0 amide bonds. The molecule has 0 saturated heterocycles. The summed E-state index contributed by atoms with van der Waals surface area (Å²) in [5.41, 5.74) is 5.72. The second-order valence-corrected chi connectivity index (χ2v) is 4.68. The number of pyridine rings is 1. The van der Waals surface area contributed by atoms with Gasteiger partial charge in [0.2, 0.25) is 0 Å². The molecule has 0 saturated carbocycles. The fraction of sp³-hybridized carbons (Fsp3) is 0.200. The van der Waals surface area contributed by atoms with Crippen LogP contribution >= 0.6 is 0 Å². The van der Waals surface area contributed by atoms with E-state index in [-0.39, 0.29) is 0 Å². The van der Waals surface area contributed by atoms with Crippen LogP contribution < -0.4 is 5.32 Å². The van der Waals surface area contributed by atoms with E-state index < -0.39 is 0 Å². The molecule has 0 bridgehead atoms. The lowest BCUT2D eigenvalue weighted by molar-refractivity contribution is 1.09. The molecule has 0 unspecified atom stereocenters. The third-order valence-electron chi connectivity index (χ3n) is 3.01. The summed E-state index contributed by atoms with van der Waals surface area (Å²) in [6.07, 6.45) is 1.81. The van der Waals surface area contributed by atoms with Crippen molar-refractivity contribution in [3.8, 4) is 0 Å². The quantitative estimate of drug-likeness (QED) is 0.827.